The molecule has 0 fully saturated rings. The van der Waals surface area contributed by atoms with Crippen molar-refractivity contribution in [3.63, 3.8) is 0 Å². The molecule has 0 aliphatic rings. The van der Waals surface area contributed by atoms with Gasteiger partial charge in [0.05, 0.1) is 13.2 Å². The second-order valence-electron chi connectivity index (χ2n) is 6.81. The van der Waals surface area contributed by atoms with Gasteiger partial charge in [0.15, 0.2) is 0 Å². The van der Waals surface area contributed by atoms with Gasteiger partial charge in [0, 0.05) is 10.0 Å². The number of hydrogen-bond acceptors (Lipinski definition) is 5. The molecule has 3 aromatic carbocycles. The summed E-state index contributed by atoms with van der Waals surface area (Å²) in [6.07, 6.45) is 0. The summed E-state index contributed by atoms with van der Waals surface area (Å²) in [4.78, 5) is 14.1. The Hall–Kier alpha value is -3.52. The molecule has 0 aliphatic carbocycles. The van der Waals surface area contributed by atoms with Gasteiger partial charge in [-0.1, -0.05) is 70.5 Å². The Morgan fingerprint density at radius 3 is 2.39 bits per heavy atom. The first kappa shape index (κ1) is 20.7. The van der Waals surface area contributed by atoms with Crippen LogP contribution < -0.4 is 10.1 Å². The number of rotatable bonds is 7. The second kappa shape index (κ2) is 9.53. The molecule has 0 radical (unpaired) electrons. The van der Waals surface area contributed by atoms with E-state index in [0.717, 1.165) is 26.9 Å². The van der Waals surface area contributed by atoms with Crippen molar-refractivity contribution in [3.8, 4) is 17.1 Å². The molecular weight excluding hydrogens is 458 g/mol. The second-order valence-corrected chi connectivity index (χ2v) is 7.66. The summed E-state index contributed by atoms with van der Waals surface area (Å²) < 4.78 is 6.11. The minimum absolute atomic E-state index is 0.0447. The number of methoxy groups -OCH3 is 1. The lowest BCUT2D eigenvalue weighted by Crippen LogP contribution is -2.32. The molecule has 0 saturated heterocycles. The van der Waals surface area contributed by atoms with E-state index in [4.69, 9.17) is 4.74 Å². The average molecular weight is 478 g/mol. The van der Waals surface area contributed by atoms with Gasteiger partial charge in [-0.15, -0.1) is 10.2 Å². The summed E-state index contributed by atoms with van der Waals surface area (Å²) in [6, 6.07) is 24.7. The van der Waals surface area contributed by atoms with Gasteiger partial charge in [0.2, 0.25) is 11.7 Å². The van der Waals surface area contributed by atoms with Crippen LogP contribution in [0.1, 0.15) is 17.2 Å². The largest absolute Gasteiger partial charge is 0.497 e. The quantitative estimate of drug-likeness (QED) is 0.434. The number of amides is 1. The molecule has 0 bridgehead atoms. The zero-order valence-corrected chi connectivity index (χ0v) is 18.4. The van der Waals surface area contributed by atoms with Crippen LogP contribution in [0, 0.1) is 0 Å². The molecule has 4 aromatic rings. The van der Waals surface area contributed by atoms with Gasteiger partial charge in [-0.2, -0.15) is 4.80 Å². The molecule has 1 heterocycles. The zero-order chi connectivity index (χ0) is 21.6. The summed E-state index contributed by atoms with van der Waals surface area (Å²) in [5, 5.41) is 15.5. The molecule has 156 valence electrons. The van der Waals surface area contributed by atoms with Crippen LogP contribution in [0.4, 0.5) is 0 Å². The lowest BCUT2D eigenvalue weighted by Gasteiger charge is -2.20. The number of carbonyl (C=O) groups is 1. The molecular formula is C23H20BrN5O2. The van der Waals surface area contributed by atoms with Crippen LogP contribution in [0.2, 0.25) is 0 Å². The number of ether oxygens (including phenoxy) is 1. The smallest absolute Gasteiger partial charge is 0.244 e. The molecule has 1 amide bonds. The van der Waals surface area contributed by atoms with E-state index in [1.165, 1.54) is 4.80 Å². The molecule has 7 nitrogen and oxygen atoms in total. The Kier molecular flexibility index (Phi) is 6.37. The Morgan fingerprint density at radius 2 is 1.68 bits per heavy atom. The third-order valence-electron chi connectivity index (χ3n) is 4.74. The van der Waals surface area contributed by atoms with Gasteiger partial charge >= 0.3 is 0 Å². The summed E-state index contributed by atoms with van der Waals surface area (Å²) in [5.41, 5.74) is 2.73. The van der Waals surface area contributed by atoms with E-state index >= 15 is 0 Å². The van der Waals surface area contributed by atoms with E-state index in [9.17, 15) is 4.79 Å². The van der Waals surface area contributed by atoms with Crippen LogP contribution in [0.15, 0.2) is 83.3 Å². The Bertz CT molecular complexity index is 1160. The maximum Gasteiger partial charge on any atom is 0.244 e. The number of nitrogens with zero attached hydrogens (tertiary/aromatic N) is 4. The van der Waals surface area contributed by atoms with Gasteiger partial charge in [-0.3, -0.25) is 4.79 Å². The fourth-order valence-electron chi connectivity index (χ4n) is 3.20. The van der Waals surface area contributed by atoms with Crippen LogP contribution in [0.3, 0.4) is 0 Å². The Balaban J connectivity index is 1.52. The van der Waals surface area contributed by atoms with Crippen molar-refractivity contribution in [2.24, 2.45) is 0 Å². The summed E-state index contributed by atoms with van der Waals surface area (Å²) in [6.45, 7) is -0.0447. The number of nitrogens with one attached hydrogen (secondary N) is 1. The highest BCUT2D eigenvalue weighted by atomic mass is 79.9. The summed E-state index contributed by atoms with van der Waals surface area (Å²) in [5.74, 6) is 0.990. The molecule has 4 rings (SSSR count). The number of carbonyl (C=O) groups excluding carboxylic acids is 1. The zero-order valence-electron chi connectivity index (χ0n) is 16.8. The van der Waals surface area contributed by atoms with E-state index in [-0.39, 0.29) is 18.5 Å². The monoisotopic (exact) mass is 477 g/mol. The van der Waals surface area contributed by atoms with E-state index in [1.807, 2.05) is 78.9 Å². The van der Waals surface area contributed by atoms with E-state index in [0.29, 0.717) is 5.82 Å². The van der Waals surface area contributed by atoms with E-state index in [2.05, 4.69) is 36.7 Å². The fourth-order valence-corrected chi connectivity index (χ4v) is 3.66. The highest BCUT2D eigenvalue weighted by Gasteiger charge is 2.18. The van der Waals surface area contributed by atoms with Crippen molar-refractivity contribution in [2.75, 3.05) is 7.11 Å². The Labute approximate surface area is 188 Å². The highest BCUT2D eigenvalue weighted by Crippen LogP contribution is 2.25. The topological polar surface area (TPSA) is 81.9 Å². The lowest BCUT2D eigenvalue weighted by atomic mass is 9.98. The number of halogens is 1. The highest BCUT2D eigenvalue weighted by molar-refractivity contribution is 9.10. The molecule has 0 saturated carbocycles. The maximum atomic E-state index is 12.8. The summed E-state index contributed by atoms with van der Waals surface area (Å²) >= 11 is 3.48. The first-order chi connectivity index (χ1) is 15.1. The minimum atomic E-state index is -0.314. The van der Waals surface area contributed by atoms with Crippen molar-refractivity contribution >= 4 is 21.8 Å². The molecule has 1 atom stereocenters. The van der Waals surface area contributed by atoms with Crippen molar-refractivity contribution in [2.45, 2.75) is 12.6 Å². The fraction of sp³-hybridized carbons (Fsp3) is 0.130. The van der Waals surface area contributed by atoms with Crippen LogP contribution in [-0.2, 0) is 11.3 Å². The number of benzene rings is 3. The summed E-state index contributed by atoms with van der Waals surface area (Å²) in [7, 11) is 1.62. The predicted molar refractivity (Wildman–Crippen MR) is 120 cm³/mol. The molecule has 31 heavy (non-hydrogen) atoms. The van der Waals surface area contributed by atoms with Crippen LogP contribution in [0.5, 0.6) is 5.75 Å². The first-order valence-corrected chi connectivity index (χ1v) is 10.4. The number of aromatic nitrogens is 4. The molecule has 1 aromatic heterocycles. The SMILES string of the molecule is COc1ccc(C(NC(=O)Cn2nnc(-c3ccccc3Br)n2)c2ccccc2)cc1. The predicted octanol–water partition coefficient (Wildman–Crippen LogP) is 4.02. The molecule has 1 N–H and O–H groups in total. The first-order valence-electron chi connectivity index (χ1n) is 9.65. The minimum Gasteiger partial charge on any atom is -0.497 e. The van der Waals surface area contributed by atoms with Crippen molar-refractivity contribution in [1.29, 1.82) is 0 Å². The normalized spacial score (nSPS) is 11.7. The third-order valence-corrected chi connectivity index (χ3v) is 5.43. The van der Waals surface area contributed by atoms with Crippen LogP contribution in [0.25, 0.3) is 11.4 Å². The maximum absolute atomic E-state index is 12.8. The van der Waals surface area contributed by atoms with Crippen LogP contribution >= 0.6 is 15.9 Å². The average Bonchev–Trinajstić information content (AvgIpc) is 3.26. The van der Waals surface area contributed by atoms with Gasteiger partial charge in [0.1, 0.15) is 12.3 Å². The molecule has 0 spiro atoms. The van der Waals surface area contributed by atoms with E-state index < -0.39 is 0 Å². The van der Waals surface area contributed by atoms with Gasteiger partial charge < -0.3 is 10.1 Å². The number of hydrogen-bond donors (Lipinski definition) is 1. The van der Waals surface area contributed by atoms with E-state index in [1.54, 1.807) is 7.11 Å². The molecule has 1 unspecified atom stereocenters. The lowest BCUT2D eigenvalue weighted by molar-refractivity contribution is -0.122. The van der Waals surface area contributed by atoms with Crippen LogP contribution in [-0.4, -0.2) is 33.2 Å². The van der Waals surface area contributed by atoms with Gasteiger partial charge in [-0.05, 0) is 40.6 Å². The third kappa shape index (κ3) is 4.97. The van der Waals surface area contributed by atoms with Crippen molar-refractivity contribution in [1.82, 2.24) is 25.5 Å². The van der Waals surface area contributed by atoms with Gasteiger partial charge in [0.25, 0.3) is 0 Å². The van der Waals surface area contributed by atoms with Gasteiger partial charge in [-0.25, -0.2) is 0 Å². The number of tetrazole rings is 1. The Morgan fingerprint density at radius 1 is 1.00 bits per heavy atom. The standard InChI is InChI=1S/C23H20BrN5O2/c1-31-18-13-11-17(12-14-18)22(16-7-3-2-4-8-16)25-21(30)15-29-27-23(26-28-29)19-9-5-6-10-20(19)24/h2-14,22H,15H2,1H3,(H,25,30). The molecule has 8 heteroatoms. The van der Waals surface area contributed by atoms with Crippen molar-refractivity contribution in [3.05, 3.63) is 94.5 Å². The molecule has 0 aliphatic heterocycles. The van der Waals surface area contributed by atoms with Crippen molar-refractivity contribution < 1.29 is 9.53 Å².